The summed E-state index contributed by atoms with van der Waals surface area (Å²) in [6.45, 7) is 11.8. The maximum absolute atomic E-state index is 11.2. The molecular weight excluding hydrogens is 266 g/mol. The standard InChI is InChI=1S/C17H35NO3/c1-6-11-18(5)14-15(16(19)20)9-7-12-21-13-8-10-17(2,3)4/h15H,6-14H2,1-5H3,(H,19,20). The van der Waals surface area contributed by atoms with Gasteiger partial charge in [0.25, 0.3) is 0 Å². The predicted octanol–water partition coefficient (Wildman–Crippen LogP) is 3.65. The van der Waals surface area contributed by atoms with Gasteiger partial charge in [-0.05, 0) is 51.1 Å². The molecular formula is C17H35NO3. The Morgan fingerprint density at radius 3 is 2.38 bits per heavy atom. The third kappa shape index (κ3) is 12.8. The Morgan fingerprint density at radius 1 is 1.24 bits per heavy atom. The second kappa shape index (κ2) is 11.0. The molecule has 0 bridgehead atoms. The Morgan fingerprint density at radius 2 is 1.86 bits per heavy atom. The van der Waals surface area contributed by atoms with E-state index in [2.05, 4.69) is 32.6 Å². The van der Waals surface area contributed by atoms with Crippen LogP contribution in [0.3, 0.4) is 0 Å². The first-order valence-corrected chi connectivity index (χ1v) is 8.25. The van der Waals surface area contributed by atoms with Gasteiger partial charge in [0.1, 0.15) is 0 Å². The van der Waals surface area contributed by atoms with Crippen molar-refractivity contribution in [3.63, 3.8) is 0 Å². The van der Waals surface area contributed by atoms with Crippen LogP contribution in [0.5, 0.6) is 0 Å². The van der Waals surface area contributed by atoms with Gasteiger partial charge >= 0.3 is 5.97 Å². The van der Waals surface area contributed by atoms with Crippen molar-refractivity contribution in [1.82, 2.24) is 4.90 Å². The molecule has 0 fully saturated rings. The van der Waals surface area contributed by atoms with Gasteiger partial charge in [0, 0.05) is 19.8 Å². The lowest BCUT2D eigenvalue weighted by molar-refractivity contribution is -0.142. The number of carboxylic acids is 1. The van der Waals surface area contributed by atoms with Gasteiger partial charge in [0.2, 0.25) is 0 Å². The molecule has 1 unspecified atom stereocenters. The summed E-state index contributed by atoms with van der Waals surface area (Å²) in [7, 11) is 1.99. The SMILES string of the molecule is CCCN(C)CC(CCCOCCCC(C)(C)C)C(=O)O. The van der Waals surface area contributed by atoms with Crippen molar-refractivity contribution in [2.75, 3.05) is 33.4 Å². The highest BCUT2D eigenvalue weighted by Gasteiger charge is 2.18. The average molecular weight is 301 g/mol. The topological polar surface area (TPSA) is 49.8 Å². The third-order valence-corrected chi connectivity index (χ3v) is 3.54. The molecule has 0 aromatic carbocycles. The van der Waals surface area contributed by atoms with Gasteiger partial charge in [0.15, 0.2) is 0 Å². The highest BCUT2D eigenvalue weighted by atomic mass is 16.5. The molecule has 1 N–H and O–H groups in total. The smallest absolute Gasteiger partial charge is 0.307 e. The van der Waals surface area contributed by atoms with Crippen molar-refractivity contribution in [3.05, 3.63) is 0 Å². The largest absolute Gasteiger partial charge is 0.481 e. The number of hydrogen-bond acceptors (Lipinski definition) is 3. The first-order valence-electron chi connectivity index (χ1n) is 8.25. The Kier molecular flexibility index (Phi) is 10.7. The van der Waals surface area contributed by atoms with Gasteiger partial charge in [-0.3, -0.25) is 4.79 Å². The average Bonchev–Trinajstić information content (AvgIpc) is 2.34. The maximum Gasteiger partial charge on any atom is 0.307 e. The van der Waals surface area contributed by atoms with E-state index in [0.29, 0.717) is 25.0 Å². The molecule has 1 atom stereocenters. The van der Waals surface area contributed by atoms with Crippen molar-refractivity contribution in [2.24, 2.45) is 11.3 Å². The number of hydrogen-bond donors (Lipinski definition) is 1. The van der Waals surface area contributed by atoms with Crippen LogP contribution in [-0.2, 0) is 9.53 Å². The van der Waals surface area contributed by atoms with E-state index >= 15 is 0 Å². The quantitative estimate of drug-likeness (QED) is 0.559. The van der Waals surface area contributed by atoms with Crippen molar-refractivity contribution >= 4 is 5.97 Å². The second-order valence-corrected chi connectivity index (χ2v) is 7.22. The van der Waals surface area contributed by atoms with Gasteiger partial charge in [-0.1, -0.05) is 27.7 Å². The molecule has 21 heavy (non-hydrogen) atoms. The summed E-state index contributed by atoms with van der Waals surface area (Å²) in [5, 5.41) is 9.25. The summed E-state index contributed by atoms with van der Waals surface area (Å²) in [6, 6.07) is 0. The highest BCUT2D eigenvalue weighted by Crippen LogP contribution is 2.20. The lowest BCUT2D eigenvalue weighted by Crippen LogP contribution is -2.31. The van der Waals surface area contributed by atoms with E-state index in [4.69, 9.17) is 4.74 Å². The Hall–Kier alpha value is -0.610. The van der Waals surface area contributed by atoms with Gasteiger partial charge < -0.3 is 14.7 Å². The van der Waals surface area contributed by atoms with E-state index in [0.717, 1.165) is 38.8 Å². The van der Waals surface area contributed by atoms with Crippen molar-refractivity contribution in [2.45, 2.75) is 59.8 Å². The normalized spacial score (nSPS) is 13.6. The Bertz CT molecular complexity index is 274. The van der Waals surface area contributed by atoms with Gasteiger partial charge in [-0.15, -0.1) is 0 Å². The Balaban J connectivity index is 3.72. The van der Waals surface area contributed by atoms with Crippen molar-refractivity contribution in [3.8, 4) is 0 Å². The maximum atomic E-state index is 11.2. The monoisotopic (exact) mass is 301 g/mol. The van der Waals surface area contributed by atoms with E-state index in [-0.39, 0.29) is 5.92 Å². The van der Waals surface area contributed by atoms with Gasteiger partial charge in [-0.25, -0.2) is 0 Å². The van der Waals surface area contributed by atoms with E-state index in [1.807, 2.05) is 7.05 Å². The molecule has 0 aliphatic carbocycles. The zero-order valence-electron chi connectivity index (χ0n) is 14.7. The molecule has 0 heterocycles. The summed E-state index contributed by atoms with van der Waals surface area (Å²) in [6.07, 6.45) is 4.81. The summed E-state index contributed by atoms with van der Waals surface area (Å²) in [4.78, 5) is 13.3. The van der Waals surface area contributed by atoms with Crippen LogP contribution in [0.25, 0.3) is 0 Å². The highest BCUT2D eigenvalue weighted by molar-refractivity contribution is 5.70. The van der Waals surface area contributed by atoms with Crippen LogP contribution in [0, 0.1) is 11.3 Å². The van der Waals surface area contributed by atoms with E-state index in [1.165, 1.54) is 0 Å². The summed E-state index contributed by atoms with van der Waals surface area (Å²) in [5.41, 5.74) is 0.363. The predicted molar refractivity (Wildman–Crippen MR) is 87.7 cm³/mol. The molecule has 126 valence electrons. The summed E-state index contributed by atoms with van der Waals surface area (Å²) < 4.78 is 5.61. The summed E-state index contributed by atoms with van der Waals surface area (Å²) >= 11 is 0. The van der Waals surface area contributed by atoms with Crippen LogP contribution in [0.1, 0.15) is 59.8 Å². The molecule has 0 radical (unpaired) electrons. The van der Waals surface area contributed by atoms with E-state index < -0.39 is 5.97 Å². The lowest BCUT2D eigenvalue weighted by atomic mass is 9.91. The number of aliphatic carboxylic acids is 1. The number of rotatable bonds is 12. The molecule has 4 nitrogen and oxygen atoms in total. The second-order valence-electron chi connectivity index (χ2n) is 7.22. The van der Waals surface area contributed by atoms with Crippen LogP contribution in [0.2, 0.25) is 0 Å². The van der Waals surface area contributed by atoms with Crippen LogP contribution >= 0.6 is 0 Å². The van der Waals surface area contributed by atoms with E-state index in [1.54, 1.807) is 0 Å². The minimum absolute atomic E-state index is 0.278. The fourth-order valence-electron chi connectivity index (χ4n) is 2.38. The molecule has 0 saturated heterocycles. The fourth-order valence-corrected chi connectivity index (χ4v) is 2.38. The van der Waals surface area contributed by atoms with Crippen molar-refractivity contribution < 1.29 is 14.6 Å². The molecule has 0 rings (SSSR count). The minimum atomic E-state index is -0.689. The molecule has 0 aliphatic heterocycles. The van der Waals surface area contributed by atoms with Crippen LogP contribution < -0.4 is 0 Å². The Labute approximate surface area is 130 Å². The van der Waals surface area contributed by atoms with Gasteiger partial charge in [-0.2, -0.15) is 0 Å². The molecule has 4 heteroatoms. The number of ether oxygens (including phenoxy) is 1. The first-order chi connectivity index (χ1) is 9.76. The number of carboxylic acid groups (broad SMARTS) is 1. The molecule has 0 amide bonds. The third-order valence-electron chi connectivity index (χ3n) is 3.54. The van der Waals surface area contributed by atoms with Gasteiger partial charge in [0.05, 0.1) is 5.92 Å². The first kappa shape index (κ1) is 20.4. The molecule has 0 aromatic rings. The van der Waals surface area contributed by atoms with E-state index in [9.17, 15) is 9.90 Å². The van der Waals surface area contributed by atoms with Crippen LogP contribution in [-0.4, -0.2) is 49.3 Å². The van der Waals surface area contributed by atoms with Crippen molar-refractivity contribution in [1.29, 1.82) is 0 Å². The molecule has 0 aliphatic rings. The lowest BCUT2D eigenvalue weighted by Gasteiger charge is -2.21. The molecule has 0 spiro atoms. The van der Waals surface area contributed by atoms with Crippen LogP contribution in [0.15, 0.2) is 0 Å². The summed E-state index contributed by atoms with van der Waals surface area (Å²) in [5.74, 6) is -0.967. The molecule has 0 aromatic heterocycles. The fraction of sp³-hybridized carbons (Fsp3) is 0.941. The number of carbonyl (C=O) groups is 1. The van der Waals surface area contributed by atoms with Crippen LogP contribution in [0.4, 0.5) is 0 Å². The number of nitrogens with zero attached hydrogens (tertiary/aromatic N) is 1. The minimum Gasteiger partial charge on any atom is -0.481 e. The zero-order chi connectivity index (χ0) is 16.3. The molecule has 0 saturated carbocycles. The zero-order valence-corrected chi connectivity index (χ0v) is 14.7.